The van der Waals surface area contributed by atoms with Gasteiger partial charge in [-0.1, -0.05) is 41.9 Å². The standard InChI is InChI=1S/C21H22ClNO2/c1-12-8-16(15-7-5-6-14(9-15)10-17(24)25)19(22)18-13(2)11-21(3,4)23-20(12)18/h5-9,11,23H,10H2,1-4H3,(H,24,25). The Bertz CT molecular complexity index is 897. The van der Waals surface area contributed by atoms with Gasteiger partial charge in [-0.05, 0) is 56.0 Å². The van der Waals surface area contributed by atoms with Crippen molar-refractivity contribution in [1.29, 1.82) is 0 Å². The molecule has 3 rings (SSSR count). The van der Waals surface area contributed by atoms with Crippen LogP contribution in [0.15, 0.2) is 36.4 Å². The summed E-state index contributed by atoms with van der Waals surface area (Å²) in [5.41, 5.74) is 6.89. The molecule has 0 aromatic heterocycles. The van der Waals surface area contributed by atoms with Crippen molar-refractivity contribution >= 4 is 28.8 Å². The van der Waals surface area contributed by atoms with E-state index in [1.54, 1.807) is 0 Å². The van der Waals surface area contributed by atoms with Crippen molar-refractivity contribution in [2.24, 2.45) is 0 Å². The van der Waals surface area contributed by atoms with Crippen molar-refractivity contribution in [3.05, 3.63) is 58.1 Å². The molecular formula is C21H22ClNO2. The van der Waals surface area contributed by atoms with Gasteiger partial charge in [-0.25, -0.2) is 0 Å². The van der Waals surface area contributed by atoms with Gasteiger partial charge in [0, 0.05) is 16.8 Å². The summed E-state index contributed by atoms with van der Waals surface area (Å²) in [6, 6.07) is 9.65. The van der Waals surface area contributed by atoms with E-state index < -0.39 is 5.97 Å². The van der Waals surface area contributed by atoms with E-state index in [1.807, 2.05) is 24.3 Å². The van der Waals surface area contributed by atoms with Gasteiger partial charge in [-0.2, -0.15) is 0 Å². The fraction of sp³-hybridized carbons (Fsp3) is 0.286. The minimum absolute atomic E-state index is 0.00403. The molecule has 25 heavy (non-hydrogen) atoms. The topological polar surface area (TPSA) is 49.3 Å². The van der Waals surface area contributed by atoms with Crippen LogP contribution in [0.2, 0.25) is 5.02 Å². The van der Waals surface area contributed by atoms with Crippen LogP contribution in [-0.4, -0.2) is 16.6 Å². The van der Waals surface area contributed by atoms with Crippen molar-refractivity contribution in [1.82, 2.24) is 0 Å². The Morgan fingerprint density at radius 1 is 1.24 bits per heavy atom. The third-order valence-corrected chi connectivity index (χ3v) is 4.87. The lowest BCUT2D eigenvalue weighted by atomic mass is 9.87. The normalized spacial score (nSPS) is 15.2. The second-order valence-corrected chi connectivity index (χ2v) is 7.63. The van der Waals surface area contributed by atoms with E-state index in [0.29, 0.717) is 5.02 Å². The summed E-state index contributed by atoms with van der Waals surface area (Å²) in [5.74, 6) is -0.838. The van der Waals surface area contributed by atoms with Gasteiger partial charge in [0.15, 0.2) is 0 Å². The van der Waals surface area contributed by atoms with Crippen LogP contribution in [0.5, 0.6) is 0 Å². The van der Waals surface area contributed by atoms with Gasteiger partial charge in [-0.3, -0.25) is 4.79 Å². The van der Waals surface area contributed by atoms with E-state index in [1.165, 1.54) is 0 Å². The first-order valence-electron chi connectivity index (χ1n) is 8.30. The van der Waals surface area contributed by atoms with Gasteiger partial charge in [0.2, 0.25) is 0 Å². The molecule has 0 atom stereocenters. The molecule has 0 aliphatic carbocycles. The Morgan fingerprint density at radius 2 is 1.96 bits per heavy atom. The molecule has 130 valence electrons. The van der Waals surface area contributed by atoms with E-state index in [4.69, 9.17) is 16.7 Å². The number of rotatable bonds is 3. The van der Waals surface area contributed by atoms with Crippen LogP contribution in [0.25, 0.3) is 16.7 Å². The number of fused-ring (bicyclic) bond motifs is 1. The summed E-state index contributed by atoms with van der Waals surface area (Å²) >= 11 is 6.78. The summed E-state index contributed by atoms with van der Waals surface area (Å²) in [4.78, 5) is 11.0. The average molecular weight is 356 g/mol. The Hall–Kier alpha value is -2.26. The van der Waals surface area contributed by atoms with Gasteiger partial charge in [0.05, 0.1) is 17.0 Å². The zero-order chi connectivity index (χ0) is 18.4. The second-order valence-electron chi connectivity index (χ2n) is 7.25. The first-order valence-corrected chi connectivity index (χ1v) is 8.68. The van der Waals surface area contributed by atoms with Crippen molar-refractivity contribution in [2.45, 2.75) is 39.7 Å². The fourth-order valence-corrected chi connectivity index (χ4v) is 3.94. The molecule has 3 nitrogen and oxygen atoms in total. The third kappa shape index (κ3) is 3.42. The van der Waals surface area contributed by atoms with E-state index in [-0.39, 0.29) is 12.0 Å². The number of carbonyl (C=O) groups is 1. The molecule has 2 N–H and O–H groups in total. The molecule has 0 saturated carbocycles. The quantitative estimate of drug-likeness (QED) is 0.758. The lowest BCUT2D eigenvalue weighted by molar-refractivity contribution is -0.136. The van der Waals surface area contributed by atoms with Gasteiger partial charge in [0.1, 0.15) is 0 Å². The molecule has 1 aliphatic heterocycles. The second kappa shape index (κ2) is 6.23. The Balaban J connectivity index is 2.16. The number of halogens is 1. The average Bonchev–Trinajstić information content (AvgIpc) is 2.49. The zero-order valence-corrected chi connectivity index (χ0v) is 15.7. The Kier molecular flexibility index (Phi) is 4.38. The maximum Gasteiger partial charge on any atom is 0.307 e. The van der Waals surface area contributed by atoms with Crippen LogP contribution < -0.4 is 5.32 Å². The zero-order valence-electron chi connectivity index (χ0n) is 14.9. The lowest BCUT2D eigenvalue weighted by Gasteiger charge is -2.33. The summed E-state index contributed by atoms with van der Waals surface area (Å²) in [7, 11) is 0. The monoisotopic (exact) mass is 355 g/mol. The van der Waals surface area contributed by atoms with Crippen LogP contribution in [0.4, 0.5) is 5.69 Å². The van der Waals surface area contributed by atoms with Gasteiger partial charge >= 0.3 is 5.97 Å². The van der Waals surface area contributed by atoms with Crippen LogP contribution >= 0.6 is 11.6 Å². The molecule has 0 spiro atoms. The molecule has 0 radical (unpaired) electrons. The maximum absolute atomic E-state index is 11.0. The minimum Gasteiger partial charge on any atom is -0.481 e. The Morgan fingerprint density at radius 3 is 2.64 bits per heavy atom. The number of anilines is 1. The number of carboxylic acid groups (broad SMARTS) is 1. The predicted octanol–water partition coefficient (Wildman–Crippen LogP) is 5.55. The molecule has 1 aliphatic rings. The number of carboxylic acids is 1. The van der Waals surface area contributed by atoms with Gasteiger partial charge in [0.25, 0.3) is 0 Å². The highest BCUT2D eigenvalue weighted by Crippen LogP contribution is 2.44. The van der Waals surface area contributed by atoms with E-state index >= 15 is 0 Å². The summed E-state index contributed by atoms with van der Waals surface area (Å²) in [6.07, 6.45) is 2.19. The third-order valence-electron chi connectivity index (χ3n) is 4.47. The molecule has 2 aromatic rings. The van der Waals surface area contributed by atoms with Crippen molar-refractivity contribution in [3.63, 3.8) is 0 Å². The highest BCUT2D eigenvalue weighted by Gasteiger charge is 2.27. The largest absolute Gasteiger partial charge is 0.481 e. The highest BCUT2D eigenvalue weighted by atomic mass is 35.5. The molecule has 4 heteroatoms. The number of hydrogen-bond donors (Lipinski definition) is 2. The summed E-state index contributed by atoms with van der Waals surface area (Å²) in [6.45, 7) is 8.42. The number of hydrogen-bond acceptors (Lipinski definition) is 2. The molecule has 0 amide bonds. The molecule has 1 heterocycles. The van der Waals surface area contributed by atoms with Crippen LogP contribution in [0.3, 0.4) is 0 Å². The van der Waals surface area contributed by atoms with E-state index in [0.717, 1.165) is 39.1 Å². The number of allylic oxidation sites excluding steroid dienone is 1. The van der Waals surface area contributed by atoms with Crippen LogP contribution in [0, 0.1) is 6.92 Å². The SMILES string of the molecule is CC1=CC(C)(C)Nc2c(C)cc(-c3cccc(CC(=O)O)c3)c(Cl)c21. The number of aryl methyl sites for hydroxylation is 1. The molecular weight excluding hydrogens is 334 g/mol. The smallest absolute Gasteiger partial charge is 0.307 e. The van der Waals surface area contributed by atoms with Crippen molar-refractivity contribution in [3.8, 4) is 11.1 Å². The molecule has 0 bridgehead atoms. The molecule has 0 unspecified atom stereocenters. The number of benzene rings is 2. The molecule has 2 aromatic carbocycles. The number of nitrogens with one attached hydrogen (secondary N) is 1. The van der Waals surface area contributed by atoms with Gasteiger partial charge < -0.3 is 10.4 Å². The predicted molar refractivity (Wildman–Crippen MR) is 104 cm³/mol. The van der Waals surface area contributed by atoms with Crippen molar-refractivity contribution in [2.75, 3.05) is 5.32 Å². The first-order chi connectivity index (χ1) is 11.7. The lowest BCUT2D eigenvalue weighted by Crippen LogP contribution is -2.32. The summed E-state index contributed by atoms with van der Waals surface area (Å²) < 4.78 is 0. The van der Waals surface area contributed by atoms with Gasteiger partial charge in [-0.15, -0.1) is 0 Å². The molecule has 0 saturated heterocycles. The van der Waals surface area contributed by atoms with Crippen LogP contribution in [0.1, 0.15) is 37.5 Å². The molecule has 0 fully saturated rings. The first kappa shape index (κ1) is 17.6. The number of aliphatic carboxylic acids is 1. The van der Waals surface area contributed by atoms with E-state index in [2.05, 4.69) is 45.2 Å². The van der Waals surface area contributed by atoms with Crippen molar-refractivity contribution < 1.29 is 9.90 Å². The fourth-order valence-electron chi connectivity index (χ4n) is 3.53. The van der Waals surface area contributed by atoms with E-state index in [9.17, 15) is 4.79 Å². The van der Waals surface area contributed by atoms with Crippen LogP contribution in [-0.2, 0) is 11.2 Å². The maximum atomic E-state index is 11.0. The Labute approximate surface area is 153 Å². The minimum atomic E-state index is -0.838. The highest BCUT2D eigenvalue weighted by molar-refractivity contribution is 6.36. The summed E-state index contributed by atoms with van der Waals surface area (Å²) in [5, 5.41) is 13.3.